The van der Waals surface area contributed by atoms with E-state index in [1.807, 2.05) is 4.90 Å². The van der Waals surface area contributed by atoms with Gasteiger partial charge in [-0.2, -0.15) is 5.10 Å². The lowest BCUT2D eigenvalue weighted by molar-refractivity contribution is -0.133. The number of hydrogen-bond acceptors (Lipinski definition) is 4. The number of amides is 1. The molecule has 1 amide bonds. The average molecular weight is 359 g/mol. The quantitative estimate of drug-likeness (QED) is 0.911. The fourth-order valence-electron chi connectivity index (χ4n) is 3.72. The minimum absolute atomic E-state index is 0.0978. The Hall–Kier alpha value is -2.41. The summed E-state index contributed by atoms with van der Waals surface area (Å²) in [4.78, 5) is 14.5. The van der Waals surface area contributed by atoms with Gasteiger partial charge in [0, 0.05) is 30.9 Å². The molecule has 138 valence electrons. The summed E-state index contributed by atoms with van der Waals surface area (Å²) in [5, 5.41) is 7.39. The number of H-pyrrole nitrogens is 1. The van der Waals surface area contributed by atoms with Crippen LogP contribution in [0.2, 0.25) is 0 Å². The Labute approximate surface area is 151 Å². The van der Waals surface area contributed by atoms with Gasteiger partial charge in [0.25, 0.3) is 0 Å². The Bertz CT molecular complexity index is 814. The fourth-order valence-corrected chi connectivity index (χ4v) is 3.72. The topological polar surface area (TPSA) is 67.5 Å². The third kappa shape index (κ3) is 3.19. The minimum atomic E-state index is -0.440. The second kappa shape index (κ2) is 7.07. The molecule has 3 heterocycles. The molecule has 0 saturated carbocycles. The molecule has 0 radical (unpaired) electrons. The Morgan fingerprint density at radius 2 is 2.19 bits per heavy atom. The summed E-state index contributed by atoms with van der Waals surface area (Å²) in [7, 11) is 1.43. The smallest absolute Gasteiger partial charge is 0.227 e. The molecule has 2 aliphatic heterocycles. The SMILES string of the molecule is COc1ccc(-c2n[nH]c3c2CC(=O)N(CC2CCOCC2)C3)cc1F. The number of nitrogens with zero attached hydrogens (tertiary/aromatic N) is 2. The van der Waals surface area contributed by atoms with E-state index in [1.54, 1.807) is 12.1 Å². The van der Waals surface area contributed by atoms with Gasteiger partial charge in [-0.05, 0) is 37.0 Å². The van der Waals surface area contributed by atoms with E-state index >= 15 is 0 Å². The highest BCUT2D eigenvalue weighted by molar-refractivity contribution is 5.83. The maximum atomic E-state index is 14.0. The number of carbonyl (C=O) groups is 1. The highest BCUT2D eigenvalue weighted by atomic mass is 19.1. The van der Waals surface area contributed by atoms with E-state index < -0.39 is 5.82 Å². The van der Waals surface area contributed by atoms with Crippen LogP contribution < -0.4 is 4.74 Å². The summed E-state index contributed by atoms with van der Waals surface area (Å²) in [6, 6.07) is 4.74. The predicted octanol–water partition coefficient (Wildman–Crippen LogP) is 2.54. The molecule has 4 rings (SSSR count). The molecule has 1 aromatic carbocycles. The molecule has 0 bridgehead atoms. The third-order valence-corrected chi connectivity index (χ3v) is 5.23. The lowest BCUT2D eigenvalue weighted by Crippen LogP contribution is -2.40. The van der Waals surface area contributed by atoms with Crippen LogP contribution in [0, 0.1) is 11.7 Å². The minimum Gasteiger partial charge on any atom is -0.494 e. The van der Waals surface area contributed by atoms with Crippen molar-refractivity contribution in [3.8, 4) is 17.0 Å². The first kappa shape index (κ1) is 17.0. The van der Waals surface area contributed by atoms with E-state index in [2.05, 4.69) is 10.2 Å². The maximum absolute atomic E-state index is 14.0. The van der Waals surface area contributed by atoms with Crippen LogP contribution in [0.5, 0.6) is 5.75 Å². The van der Waals surface area contributed by atoms with Gasteiger partial charge >= 0.3 is 0 Å². The first-order valence-electron chi connectivity index (χ1n) is 8.91. The second-order valence-corrected chi connectivity index (χ2v) is 6.89. The van der Waals surface area contributed by atoms with Crippen LogP contribution in [0.15, 0.2) is 18.2 Å². The maximum Gasteiger partial charge on any atom is 0.227 e. The zero-order chi connectivity index (χ0) is 18.1. The summed E-state index contributed by atoms with van der Waals surface area (Å²) in [5.74, 6) is 0.342. The summed E-state index contributed by atoms with van der Waals surface area (Å²) < 4.78 is 24.4. The number of nitrogens with one attached hydrogen (secondary N) is 1. The van der Waals surface area contributed by atoms with Crippen LogP contribution in [-0.4, -0.2) is 47.9 Å². The molecule has 2 aromatic rings. The van der Waals surface area contributed by atoms with Crippen molar-refractivity contribution in [1.29, 1.82) is 0 Å². The van der Waals surface area contributed by atoms with Crippen molar-refractivity contribution in [3.63, 3.8) is 0 Å². The zero-order valence-electron chi connectivity index (χ0n) is 14.8. The first-order valence-corrected chi connectivity index (χ1v) is 8.91. The van der Waals surface area contributed by atoms with Crippen molar-refractivity contribution in [1.82, 2.24) is 15.1 Å². The largest absolute Gasteiger partial charge is 0.494 e. The van der Waals surface area contributed by atoms with Gasteiger partial charge in [0.1, 0.15) is 0 Å². The number of halogens is 1. The monoisotopic (exact) mass is 359 g/mol. The van der Waals surface area contributed by atoms with Crippen molar-refractivity contribution in [3.05, 3.63) is 35.3 Å². The average Bonchev–Trinajstić information content (AvgIpc) is 3.05. The van der Waals surface area contributed by atoms with Crippen LogP contribution in [0.3, 0.4) is 0 Å². The van der Waals surface area contributed by atoms with Crippen molar-refractivity contribution in [2.45, 2.75) is 25.8 Å². The highest BCUT2D eigenvalue weighted by Crippen LogP contribution is 2.31. The standard InChI is InChI=1S/C19H22FN3O3/c1-25-17-3-2-13(8-15(17)20)19-14-9-18(24)23(11-16(14)21-22-19)10-12-4-6-26-7-5-12/h2-3,8,12H,4-7,9-11H2,1H3,(H,21,22). The first-order chi connectivity index (χ1) is 12.7. The highest BCUT2D eigenvalue weighted by Gasteiger charge is 2.30. The normalized spacial score (nSPS) is 18.1. The van der Waals surface area contributed by atoms with Gasteiger partial charge in [0.05, 0.1) is 31.5 Å². The van der Waals surface area contributed by atoms with Gasteiger partial charge < -0.3 is 14.4 Å². The van der Waals surface area contributed by atoms with E-state index in [0.717, 1.165) is 43.9 Å². The lowest BCUT2D eigenvalue weighted by Gasteiger charge is -2.32. The van der Waals surface area contributed by atoms with Crippen molar-refractivity contribution < 1.29 is 18.7 Å². The molecule has 1 saturated heterocycles. The van der Waals surface area contributed by atoms with Crippen molar-refractivity contribution in [2.24, 2.45) is 5.92 Å². The Balaban J connectivity index is 1.55. The molecular weight excluding hydrogens is 337 g/mol. The van der Waals surface area contributed by atoms with Gasteiger partial charge in [-0.15, -0.1) is 0 Å². The molecule has 0 spiro atoms. The molecule has 0 atom stereocenters. The molecule has 1 N–H and O–H groups in total. The Morgan fingerprint density at radius 1 is 1.38 bits per heavy atom. The van der Waals surface area contributed by atoms with Crippen molar-refractivity contribution >= 4 is 5.91 Å². The number of carbonyl (C=O) groups excluding carboxylic acids is 1. The van der Waals surface area contributed by atoms with E-state index in [-0.39, 0.29) is 18.1 Å². The van der Waals surface area contributed by atoms with Crippen LogP contribution in [0.4, 0.5) is 4.39 Å². The summed E-state index contributed by atoms with van der Waals surface area (Å²) in [6.45, 7) is 2.83. The van der Waals surface area contributed by atoms with Gasteiger partial charge in [0.15, 0.2) is 11.6 Å². The van der Waals surface area contributed by atoms with Gasteiger partial charge in [-0.25, -0.2) is 4.39 Å². The molecule has 7 heteroatoms. The number of aromatic nitrogens is 2. The van der Waals surface area contributed by atoms with Gasteiger partial charge in [-0.3, -0.25) is 9.89 Å². The molecule has 1 fully saturated rings. The number of benzene rings is 1. The van der Waals surface area contributed by atoms with E-state index in [4.69, 9.17) is 9.47 Å². The summed E-state index contributed by atoms with van der Waals surface area (Å²) >= 11 is 0. The van der Waals surface area contributed by atoms with Crippen LogP contribution in [-0.2, 0) is 22.5 Å². The van der Waals surface area contributed by atoms with Crippen LogP contribution in [0.25, 0.3) is 11.3 Å². The van der Waals surface area contributed by atoms with E-state index in [0.29, 0.717) is 23.7 Å². The number of methoxy groups -OCH3 is 1. The number of hydrogen-bond donors (Lipinski definition) is 1. The second-order valence-electron chi connectivity index (χ2n) is 6.89. The molecule has 2 aliphatic rings. The predicted molar refractivity (Wildman–Crippen MR) is 93.2 cm³/mol. The van der Waals surface area contributed by atoms with Gasteiger partial charge in [0.2, 0.25) is 5.91 Å². The molecule has 26 heavy (non-hydrogen) atoms. The molecular formula is C19H22FN3O3. The van der Waals surface area contributed by atoms with E-state index in [9.17, 15) is 9.18 Å². The summed E-state index contributed by atoms with van der Waals surface area (Å²) in [5.41, 5.74) is 3.08. The Morgan fingerprint density at radius 3 is 2.92 bits per heavy atom. The number of rotatable bonds is 4. The van der Waals surface area contributed by atoms with Crippen LogP contribution >= 0.6 is 0 Å². The molecule has 6 nitrogen and oxygen atoms in total. The van der Waals surface area contributed by atoms with Gasteiger partial charge in [-0.1, -0.05) is 0 Å². The zero-order valence-corrected chi connectivity index (χ0v) is 14.8. The van der Waals surface area contributed by atoms with E-state index in [1.165, 1.54) is 13.2 Å². The van der Waals surface area contributed by atoms with Crippen molar-refractivity contribution in [2.75, 3.05) is 26.9 Å². The fraction of sp³-hybridized carbons (Fsp3) is 0.474. The summed E-state index contributed by atoms with van der Waals surface area (Å²) in [6.07, 6.45) is 2.28. The third-order valence-electron chi connectivity index (χ3n) is 5.23. The molecule has 0 aliphatic carbocycles. The molecule has 0 unspecified atom stereocenters. The number of ether oxygens (including phenoxy) is 2. The number of fused-ring (bicyclic) bond motifs is 1. The Kier molecular flexibility index (Phi) is 4.63. The number of aromatic amines is 1. The molecule has 1 aromatic heterocycles. The van der Waals surface area contributed by atoms with Crippen LogP contribution in [0.1, 0.15) is 24.1 Å². The lowest BCUT2D eigenvalue weighted by atomic mass is 9.96.